The Labute approximate surface area is 81.7 Å². The van der Waals surface area contributed by atoms with Gasteiger partial charge in [0.25, 0.3) is 0 Å². The van der Waals surface area contributed by atoms with E-state index in [1.54, 1.807) is 0 Å². The van der Waals surface area contributed by atoms with Gasteiger partial charge in [-0.1, -0.05) is 0 Å². The van der Waals surface area contributed by atoms with Crippen molar-refractivity contribution in [2.45, 2.75) is 31.9 Å². The highest BCUT2D eigenvalue weighted by Crippen LogP contribution is 2.14. The lowest BCUT2D eigenvalue weighted by Crippen LogP contribution is -2.41. The van der Waals surface area contributed by atoms with Crippen LogP contribution in [0.1, 0.15) is 20.3 Å². The minimum absolute atomic E-state index is 0.309. The maximum atomic E-state index is 11.1. The van der Waals surface area contributed by atoms with Crippen molar-refractivity contribution in [3.8, 4) is 0 Å². The molecule has 4 N–H and O–H groups in total. The van der Waals surface area contributed by atoms with E-state index >= 15 is 0 Å². The van der Waals surface area contributed by atoms with E-state index in [9.17, 15) is 9.59 Å². The summed E-state index contributed by atoms with van der Waals surface area (Å²) in [5, 5.41) is 17.0. The zero-order valence-electron chi connectivity index (χ0n) is 8.19. The summed E-state index contributed by atoms with van der Waals surface area (Å²) in [6.07, 6.45) is -0.309. The number of hydrogen-bond donors (Lipinski definition) is 3. The third kappa shape index (κ3) is 4.78. The van der Waals surface area contributed by atoms with E-state index in [2.05, 4.69) is 0 Å². The molecular weight excluding hydrogens is 190 g/mol. The molecule has 14 heavy (non-hydrogen) atoms. The van der Waals surface area contributed by atoms with Crippen LogP contribution in [0.2, 0.25) is 0 Å². The predicted octanol–water partition coefficient (Wildman–Crippen LogP) is -0.897. The molecule has 6 heteroatoms. The van der Waals surface area contributed by atoms with Crippen molar-refractivity contribution in [3.05, 3.63) is 0 Å². The highest BCUT2D eigenvalue weighted by molar-refractivity contribution is 5.76. The van der Waals surface area contributed by atoms with Gasteiger partial charge in [0.1, 0.15) is 11.6 Å². The van der Waals surface area contributed by atoms with E-state index in [0.29, 0.717) is 0 Å². The summed E-state index contributed by atoms with van der Waals surface area (Å²) in [5.41, 5.74) is 4.07. The van der Waals surface area contributed by atoms with E-state index in [0.717, 1.165) is 0 Å². The van der Waals surface area contributed by atoms with Gasteiger partial charge in [-0.15, -0.1) is 0 Å². The second-order valence-electron chi connectivity index (χ2n) is 3.54. The van der Waals surface area contributed by atoms with Crippen molar-refractivity contribution >= 4 is 11.9 Å². The largest absolute Gasteiger partial charge is 0.481 e. The molecule has 0 saturated carbocycles. The zero-order valence-corrected chi connectivity index (χ0v) is 8.19. The number of carbonyl (C=O) groups excluding carboxylic acids is 1. The van der Waals surface area contributed by atoms with Gasteiger partial charge in [0.15, 0.2) is 0 Å². The minimum atomic E-state index is -1.12. The molecule has 0 amide bonds. The fourth-order valence-electron chi connectivity index (χ4n) is 0.823. The topological polar surface area (TPSA) is 110 Å². The lowest BCUT2D eigenvalue weighted by molar-refractivity contribution is -0.163. The van der Waals surface area contributed by atoms with Gasteiger partial charge in [0.05, 0.1) is 13.0 Å². The van der Waals surface area contributed by atoms with Crippen molar-refractivity contribution < 1.29 is 24.5 Å². The van der Waals surface area contributed by atoms with Crippen molar-refractivity contribution in [2.75, 3.05) is 6.61 Å². The van der Waals surface area contributed by atoms with Crippen LogP contribution in [0, 0.1) is 0 Å². The highest BCUT2D eigenvalue weighted by atomic mass is 16.6. The second-order valence-corrected chi connectivity index (χ2v) is 3.54. The molecule has 0 aromatic carbocycles. The van der Waals surface area contributed by atoms with Crippen LogP contribution in [-0.2, 0) is 14.3 Å². The average molecular weight is 205 g/mol. The van der Waals surface area contributed by atoms with E-state index in [1.807, 2.05) is 0 Å². The molecule has 0 saturated heterocycles. The Bertz CT molecular complexity index is 226. The Kier molecular flexibility index (Phi) is 4.52. The maximum absolute atomic E-state index is 11.1. The molecule has 0 unspecified atom stereocenters. The number of ether oxygens (including phenoxy) is 1. The molecule has 82 valence electrons. The molecule has 0 aliphatic carbocycles. The highest BCUT2D eigenvalue weighted by Gasteiger charge is 2.28. The van der Waals surface area contributed by atoms with Gasteiger partial charge in [-0.25, -0.2) is 0 Å². The number of hydrogen-bond acceptors (Lipinski definition) is 5. The fourth-order valence-corrected chi connectivity index (χ4v) is 0.823. The van der Waals surface area contributed by atoms with Crippen molar-refractivity contribution in [1.29, 1.82) is 0 Å². The Balaban J connectivity index is 4.21. The van der Waals surface area contributed by atoms with Gasteiger partial charge < -0.3 is 20.7 Å². The molecule has 0 spiro atoms. The number of aliphatic hydroxyl groups is 1. The molecule has 0 fully saturated rings. The monoisotopic (exact) mass is 205 g/mol. The number of aliphatic hydroxyl groups excluding tert-OH is 1. The van der Waals surface area contributed by atoms with E-state index in [4.69, 9.17) is 20.7 Å². The fraction of sp³-hybridized carbons (Fsp3) is 0.750. The van der Waals surface area contributed by atoms with Crippen molar-refractivity contribution in [3.63, 3.8) is 0 Å². The number of rotatable bonds is 5. The summed E-state index contributed by atoms with van der Waals surface area (Å²) >= 11 is 0. The summed E-state index contributed by atoms with van der Waals surface area (Å²) in [7, 11) is 0. The number of carboxylic acids is 1. The van der Waals surface area contributed by atoms with Gasteiger partial charge in [-0.3, -0.25) is 9.59 Å². The maximum Gasteiger partial charge on any atom is 0.325 e. The normalized spacial score (nSPS) is 13.4. The van der Waals surface area contributed by atoms with Crippen LogP contribution in [0.3, 0.4) is 0 Å². The molecule has 0 aromatic rings. The Hall–Kier alpha value is -1.14. The van der Waals surface area contributed by atoms with Gasteiger partial charge in [0.2, 0.25) is 0 Å². The number of carbonyl (C=O) groups is 2. The number of carboxylic acid groups (broad SMARTS) is 1. The average Bonchev–Trinajstić information content (AvgIpc) is 1.99. The van der Waals surface area contributed by atoms with Gasteiger partial charge in [-0.2, -0.15) is 0 Å². The van der Waals surface area contributed by atoms with Gasteiger partial charge in [-0.05, 0) is 13.8 Å². The lowest BCUT2D eigenvalue weighted by Gasteiger charge is -2.24. The number of esters is 1. The van der Waals surface area contributed by atoms with Crippen LogP contribution in [-0.4, -0.2) is 40.4 Å². The van der Waals surface area contributed by atoms with Crippen molar-refractivity contribution in [1.82, 2.24) is 0 Å². The molecule has 0 bridgehead atoms. The Morgan fingerprint density at radius 1 is 1.50 bits per heavy atom. The lowest BCUT2D eigenvalue weighted by atomic mass is 10.1. The van der Waals surface area contributed by atoms with E-state index in [1.165, 1.54) is 13.8 Å². The standard InChI is InChI=1S/C8H15NO5/c1-8(2,3-6(11)12)14-7(13)5(9)4-10/h5,10H,3-4,9H2,1-2H3,(H,11,12)/t5-/m0/s1. The third-order valence-corrected chi connectivity index (χ3v) is 1.45. The summed E-state index contributed by atoms with van der Waals surface area (Å²) in [6.45, 7) is 2.40. The smallest absolute Gasteiger partial charge is 0.325 e. The molecule has 0 rings (SSSR count). The SMILES string of the molecule is CC(C)(CC(=O)O)OC(=O)[C@@H](N)CO. The van der Waals surface area contributed by atoms with E-state index < -0.39 is 30.2 Å². The summed E-state index contributed by atoms with van der Waals surface area (Å²) in [6, 6.07) is -1.12. The van der Waals surface area contributed by atoms with Crippen LogP contribution in [0.15, 0.2) is 0 Å². The van der Waals surface area contributed by atoms with Crippen molar-refractivity contribution in [2.24, 2.45) is 5.73 Å². The molecule has 1 atom stereocenters. The van der Waals surface area contributed by atoms with Crippen LogP contribution < -0.4 is 5.73 Å². The van der Waals surface area contributed by atoms with Crippen LogP contribution in [0.4, 0.5) is 0 Å². The molecule has 0 radical (unpaired) electrons. The first-order valence-corrected chi connectivity index (χ1v) is 4.09. The van der Waals surface area contributed by atoms with Crippen LogP contribution in [0.5, 0.6) is 0 Å². The Morgan fingerprint density at radius 3 is 2.36 bits per heavy atom. The summed E-state index contributed by atoms with van der Waals surface area (Å²) in [5.74, 6) is -1.88. The first-order chi connectivity index (χ1) is 6.28. The number of nitrogens with two attached hydrogens (primary N) is 1. The minimum Gasteiger partial charge on any atom is -0.481 e. The molecule has 6 nitrogen and oxygen atoms in total. The van der Waals surface area contributed by atoms with Gasteiger partial charge >= 0.3 is 11.9 Å². The van der Waals surface area contributed by atoms with Gasteiger partial charge in [0, 0.05) is 0 Å². The quantitative estimate of drug-likeness (QED) is 0.502. The summed E-state index contributed by atoms with van der Waals surface area (Å²) < 4.78 is 4.80. The molecule has 0 aliphatic rings. The zero-order chi connectivity index (χ0) is 11.4. The molecule has 0 heterocycles. The van der Waals surface area contributed by atoms with Crippen LogP contribution in [0.25, 0.3) is 0 Å². The first kappa shape index (κ1) is 12.9. The Morgan fingerprint density at radius 2 is 2.00 bits per heavy atom. The molecular formula is C8H15NO5. The first-order valence-electron chi connectivity index (χ1n) is 4.09. The van der Waals surface area contributed by atoms with Crippen LogP contribution >= 0.6 is 0 Å². The summed E-state index contributed by atoms with van der Waals surface area (Å²) in [4.78, 5) is 21.4. The molecule has 0 aliphatic heterocycles. The third-order valence-electron chi connectivity index (χ3n) is 1.45. The predicted molar refractivity (Wildman–Crippen MR) is 47.5 cm³/mol. The number of aliphatic carboxylic acids is 1. The molecule has 0 aromatic heterocycles. The van der Waals surface area contributed by atoms with E-state index in [-0.39, 0.29) is 6.42 Å². The second kappa shape index (κ2) is 4.92.